The molecule has 1 aromatic rings. The monoisotopic (exact) mass is 264 g/mol. The van der Waals surface area contributed by atoms with Crippen molar-refractivity contribution in [2.75, 3.05) is 25.0 Å². The maximum atomic E-state index is 12.4. The molecule has 1 aromatic carbocycles. The van der Waals surface area contributed by atoms with Gasteiger partial charge in [0.25, 0.3) is 5.91 Å². The van der Waals surface area contributed by atoms with Crippen LogP contribution in [0.25, 0.3) is 0 Å². The number of anilines is 1. The van der Waals surface area contributed by atoms with E-state index in [1.807, 2.05) is 45.9 Å². The number of amides is 1. The number of hydrogen-bond acceptors (Lipinski definition) is 3. The average Bonchev–Trinajstić information content (AvgIpc) is 2.37. The number of carbonyl (C=O) groups is 1. The number of nitrogens with one attached hydrogen (secondary N) is 1. The Hall–Kier alpha value is -1.55. The summed E-state index contributed by atoms with van der Waals surface area (Å²) in [7, 11) is 0. The zero-order valence-electron chi connectivity index (χ0n) is 12.2. The first-order chi connectivity index (χ1) is 9.01. The largest absolute Gasteiger partial charge is 0.395 e. The van der Waals surface area contributed by atoms with E-state index in [0.29, 0.717) is 12.1 Å². The molecular weight excluding hydrogens is 240 g/mol. The summed E-state index contributed by atoms with van der Waals surface area (Å²) in [5, 5.41) is 12.3. The Balaban J connectivity index is 2.95. The molecule has 4 heteroatoms. The van der Waals surface area contributed by atoms with Crippen molar-refractivity contribution in [1.29, 1.82) is 0 Å². The molecule has 0 aromatic heterocycles. The molecule has 0 atom stereocenters. The zero-order chi connectivity index (χ0) is 14.4. The number of carbonyl (C=O) groups excluding carboxylic acids is 1. The van der Waals surface area contributed by atoms with Crippen molar-refractivity contribution in [3.05, 3.63) is 29.3 Å². The Kier molecular flexibility index (Phi) is 5.83. The number of benzene rings is 1. The summed E-state index contributed by atoms with van der Waals surface area (Å²) in [4.78, 5) is 14.1. The van der Waals surface area contributed by atoms with E-state index >= 15 is 0 Å². The summed E-state index contributed by atoms with van der Waals surface area (Å²) in [5.74, 6) is -0.0322. The van der Waals surface area contributed by atoms with E-state index in [0.717, 1.165) is 17.8 Å². The molecule has 0 bridgehead atoms. The van der Waals surface area contributed by atoms with Gasteiger partial charge in [-0.05, 0) is 51.5 Å². The van der Waals surface area contributed by atoms with Crippen LogP contribution in [0.2, 0.25) is 0 Å². The minimum Gasteiger partial charge on any atom is -0.395 e. The summed E-state index contributed by atoms with van der Waals surface area (Å²) >= 11 is 0. The highest BCUT2D eigenvalue weighted by molar-refractivity contribution is 5.95. The minimum absolute atomic E-state index is 0.0155. The maximum Gasteiger partial charge on any atom is 0.254 e. The molecule has 0 aliphatic heterocycles. The topological polar surface area (TPSA) is 52.6 Å². The van der Waals surface area contributed by atoms with Crippen molar-refractivity contribution in [2.24, 2.45) is 0 Å². The van der Waals surface area contributed by atoms with Crippen LogP contribution >= 0.6 is 0 Å². The van der Waals surface area contributed by atoms with Gasteiger partial charge in [0.2, 0.25) is 0 Å². The fourth-order valence-corrected chi connectivity index (χ4v) is 2.05. The van der Waals surface area contributed by atoms with E-state index in [1.54, 1.807) is 4.90 Å². The molecule has 0 unspecified atom stereocenters. The third kappa shape index (κ3) is 3.96. The molecule has 106 valence electrons. The molecule has 0 spiro atoms. The SMILES string of the molecule is CCNc1ccc(C(=O)N(CCO)C(C)C)cc1C. The van der Waals surface area contributed by atoms with Crippen LogP contribution in [-0.2, 0) is 0 Å². The third-order valence-corrected chi connectivity index (χ3v) is 3.07. The first-order valence-electron chi connectivity index (χ1n) is 6.77. The van der Waals surface area contributed by atoms with Crippen LogP contribution in [0, 0.1) is 6.92 Å². The molecule has 4 nitrogen and oxygen atoms in total. The van der Waals surface area contributed by atoms with Crippen LogP contribution in [0.1, 0.15) is 36.7 Å². The second kappa shape index (κ2) is 7.14. The van der Waals surface area contributed by atoms with Gasteiger partial charge < -0.3 is 15.3 Å². The number of aryl methyl sites for hydroxylation is 1. The van der Waals surface area contributed by atoms with Crippen molar-refractivity contribution in [3.63, 3.8) is 0 Å². The second-order valence-electron chi connectivity index (χ2n) is 4.88. The van der Waals surface area contributed by atoms with Crippen molar-refractivity contribution >= 4 is 11.6 Å². The number of aliphatic hydroxyl groups excluding tert-OH is 1. The third-order valence-electron chi connectivity index (χ3n) is 3.07. The molecular formula is C15H24N2O2. The first-order valence-corrected chi connectivity index (χ1v) is 6.77. The lowest BCUT2D eigenvalue weighted by Gasteiger charge is -2.26. The minimum atomic E-state index is -0.0322. The summed E-state index contributed by atoms with van der Waals surface area (Å²) < 4.78 is 0. The van der Waals surface area contributed by atoms with E-state index in [9.17, 15) is 4.79 Å². The summed E-state index contributed by atoms with van der Waals surface area (Å²) in [6, 6.07) is 5.74. The molecule has 19 heavy (non-hydrogen) atoms. The van der Waals surface area contributed by atoms with Crippen LogP contribution in [-0.4, -0.2) is 41.7 Å². The van der Waals surface area contributed by atoms with Crippen LogP contribution in [0.3, 0.4) is 0 Å². The van der Waals surface area contributed by atoms with E-state index in [2.05, 4.69) is 5.32 Å². The van der Waals surface area contributed by atoms with Gasteiger partial charge in [-0.1, -0.05) is 0 Å². The second-order valence-corrected chi connectivity index (χ2v) is 4.88. The van der Waals surface area contributed by atoms with Gasteiger partial charge in [0.1, 0.15) is 0 Å². The first kappa shape index (κ1) is 15.5. The summed E-state index contributed by atoms with van der Waals surface area (Å²) in [5.41, 5.74) is 2.78. The Labute approximate surface area is 115 Å². The van der Waals surface area contributed by atoms with Crippen LogP contribution < -0.4 is 5.32 Å². The van der Waals surface area contributed by atoms with Gasteiger partial charge in [0.05, 0.1) is 6.61 Å². The van der Waals surface area contributed by atoms with Gasteiger partial charge in [-0.25, -0.2) is 0 Å². The highest BCUT2D eigenvalue weighted by Crippen LogP contribution is 2.18. The Bertz CT molecular complexity index is 430. The smallest absolute Gasteiger partial charge is 0.254 e. The van der Waals surface area contributed by atoms with Crippen molar-refractivity contribution in [1.82, 2.24) is 4.90 Å². The zero-order valence-corrected chi connectivity index (χ0v) is 12.2. The van der Waals surface area contributed by atoms with Crippen molar-refractivity contribution < 1.29 is 9.90 Å². The molecule has 0 aliphatic carbocycles. The number of hydrogen-bond donors (Lipinski definition) is 2. The average molecular weight is 264 g/mol. The highest BCUT2D eigenvalue weighted by atomic mass is 16.3. The van der Waals surface area contributed by atoms with Gasteiger partial charge in [0.15, 0.2) is 0 Å². The molecule has 0 heterocycles. The lowest BCUT2D eigenvalue weighted by molar-refractivity contribution is 0.0665. The molecule has 0 aliphatic rings. The Morgan fingerprint density at radius 2 is 2.11 bits per heavy atom. The number of nitrogens with zero attached hydrogens (tertiary/aromatic N) is 1. The van der Waals surface area contributed by atoms with Crippen molar-refractivity contribution in [3.8, 4) is 0 Å². The molecule has 0 radical (unpaired) electrons. The maximum absolute atomic E-state index is 12.4. The molecule has 0 saturated heterocycles. The van der Waals surface area contributed by atoms with Crippen LogP contribution in [0.4, 0.5) is 5.69 Å². The van der Waals surface area contributed by atoms with Gasteiger partial charge in [-0.2, -0.15) is 0 Å². The highest BCUT2D eigenvalue weighted by Gasteiger charge is 2.18. The van der Waals surface area contributed by atoms with Gasteiger partial charge in [-0.15, -0.1) is 0 Å². The van der Waals surface area contributed by atoms with E-state index in [1.165, 1.54) is 0 Å². The number of rotatable bonds is 6. The normalized spacial score (nSPS) is 10.6. The number of aliphatic hydroxyl groups is 1. The molecule has 2 N–H and O–H groups in total. The Morgan fingerprint density at radius 3 is 2.58 bits per heavy atom. The van der Waals surface area contributed by atoms with Gasteiger partial charge in [-0.3, -0.25) is 4.79 Å². The van der Waals surface area contributed by atoms with Crippen LogP contribution in [0.5, 0.6) is 0 Å². The summed E-state index contributed by atoms with van der Waals surface area (Å²) in [6.45, 7) is 9.14. The molecule has 0 saturated carbocycles. The van der Waals surface area contributed by atoms with E-state index in [4.69, 9.17) is 5.11 Å². The fraction of sp³-hybridized carbons (Fsp3) is 0.533. The van der Waals surface area contributed by atoms with Gasteiger partial charge >= 0.3 is 0 Å². The standard InChI is InChI=1S/C15H24N2O2/c1-5-16-14-7-6-13(10-12(14)4)15(19)17(8-9-18)11(2)3/h6-7,10-11,16,18H,5,8-9H2,1-4H3. The van der Waals surface area contributed by atoms with Crippen LogP contribution in [0.15, 0.2) is 18.2 Å². The van der Waals surface area contributed by atoms with Crippen molar-refractivity contribution in [2.45, 2.75) is 33.7 Å². The molecule has 1 amide bonds. The quantitative estimate of drug-likeness (QED) is 0.828. The Morgan fingerprint density at radius 1 is 1.42 bits per heavy atom. The molecule has 0 fully saturated rings. The lowest BCUT2D eigenvalue weighted by atomic mass is 10.1. The van der Waals surface area contributed by atoms with E-state index < -0.39 is 0 Å². The molecule has 1 rings (SSSR count). The fourth-order valence-electron chi connectivity index (χ4n) is 2.05. The lowest BCUT2D eigenvalue weighted by Crippen LogP contribution is -2.39. The van der Waals surface area contributed by atoms with Gasteiger partial charge in [0, 0.05) is 30.4 Å². The predicted molar refractivity (Wildman–Crippen MR) is 78.6 cm³/mol. The summed E-state index contributed by atoms with van der Waals surface area (Å²) in [6.07, 6.45) is 0. The predicted octanol–water partition coefficient (Wildman–Crippen LogP) is 2.27. The van der Waals surface area contributed by atoms with E-state index in [-0.39, 0.29) is 18.6 Å².